The molecule has 0 saturated heterocycles. The largest absolute Gasteiger partial charge is 0.418 e. The quantitative estimate of drug-likeness (QED) is 0.886. The number of hydrogen-bond donors (Lipinski definition) is 2. The van der Waals surface area contributed by atoms with Crippen molar-refractivity contribution in [3.05, 3.63) is 48.2 Å². The van der Waals surface area contributed by atoms with Crippen molar-refractivity contribution in [1.29, 1.82) is 0 Å². The number of pyridine rings is 1. The highest BCUT2D eigenvalue weighted by atomic mass is 19.4. The topological polar surface area (TPSA) is 37.0 Å². The molecule has 1 heterocycles. The van der Waals surface area contributed by atoms with Gasteiger partial charge in [0, 0.05) is 25.0 Å². The molecule has 0 radical (unpaired) electrons. The summed E-state index contributed by atoms with van der Waals surface area (Å²) in [6, 6.07) is 8.59. The number of anilines is 3. The van der Waals surface area contributed by atoms with E-state index in [-0.39, 0.29) is 5.69 Å². The van der Waals surface area contributed by atoms with Crippen molar-refractivity contribution in [2.45, 2.75) is 6.18 Å². The summed E-state index contributed by atoms with van der Waals surface area (Å²) in [5.74, 6) is 0.578. The van der Waals surface area contributed by atoms with E-state index in [4.69, 9.17) is 0 Å². The molecule has 2 rings (SSSR count). The first-order chi connectivity index (χ1) is 9.00. The molecule has 19 heavy (non-hydrogen) atoms. The van der Waals surface area contributed by atoms with Crippen LogP contribution in [0.4, 0.5) is 30.4 Å². The minimum atomic E-state index is -4.39. The standard InChI is InChI=1S/C13H12F3N3/c1-17-12-8-9(6-7-18-12)19-11-5-3-2-4-10(11)13(14,15)16/h2-8H,1H3,(H2,17,18,19). The van der Waals surface area contributed by atoms with Crippen LogP contribution in [0.5, 0.6) is 0 Å². The highest BCUT2D eigenvalue weighted by Gasteiger charge is 2.33. The fraction of sp³-hybridized carbons (Fsp3) is 0.154. The second-order valence-corrected chi connectivity index (χ2v) is 3.85. The predicted molar refractivity (Wildman–Crippen MR) is 68.5 cm³/mol. The average molecular weight is 267 g/mol. The van der Waals surface area contributed by atoms with Gasteiger partial charge >= 0.3 is 6.18 Å². The molecule has 0 aliphatic heterocycles. The van der Waals surface area contributed by atoms with Gasteiger partial charge in [0.1, 0.15) is 5.82 Å². The number of rotatable bonds is 3. The van der Waals surface area contributed by atoms with Gasteiger partial charge in [-0.25, -0.2) is 4.98 Å². The third-order valence-electron chi connectivity index (χ3n) is 2.53. The van der Waals surface area contributed by atoms with Crippen molar-refractivity contribution in [3.8, 4) is 0 Å². The Hall–Kier alpha value is -2.24. The smallest absolute Gasteiger partial charge is 0.373 e. The molecule has 100 valence electrons. The molecular formula is C13H12F3N3. The molecule has 2 N–H and O–H groups in total. The van der Waals surface area contributed by atoms with Crippen molar-refractivity contribution in [2.24, 2.45) is 0 Å². The molecule has 3 nitrogen and oxygen atoms in total. The maximum atomic E-state index is 12.8. The Kier molecular flexibility index (Phi) is 3.59. The van der Waals surface area contributed by atoms with E-state index in [9.17, 15) is 13.2 Å². The second kappa shape index (κ2) is 5.17. The fourth-order valence-electron chi connectivity index (χ4n) is 1.64. The molecule has 0 unspecified atom stereocenters. The highest BCUT2D eigenvalue weighted by molar-refractivity contribution is 5.65. The first-order valence-corrected chi connectivity index (χ1v) is 5.58. The summed E-state index contributed by atoms with van der Waals surface area (Å²) in [6.45, 7) is 0. The lowest BCUT2D eigenvalue weighted by Crippen LogP contribution is -2.08. The summed E-state index contributed by atoms with van der Waals surface area (Å²) in [7, 11) is 1.69. The van der Waals surface area contributed by atoms with Gasteiger partial charge in [0.15, 0.2) is 0 Å². The third-order valence-corrected chi connectivity index (χ3v) is 2.53. The Bertz CT molecular complexity index is 567. The van der Waals surface area contributed by atoms with E-state index in [1.807, 2.05) is 0 Å². The van der Waals surface area contributed by atoms with Crippen LogP contribution in [-0.2, 0) is 6.18 Å². The van der Waals surface area contributed by atoms with Gasteiger partial charge in [0.25, 0.3) is 0 Å². The number of para-hydroxylation sites is 1. The molecular weight excluding hydrogens is 255 g/mol. The van der Waals surface area contributed by atoms with Crippen molar-refractivity contribution in [2.75, 3.05) is 17.7 Å². The first kappa shape index (κ1) is 13.2. The summed E-state index contributed by atoms with van der Waals surface area (Å²) in [5.41, 5.74) is -0.142. The monoisotopic (exact) mass is 267 g/mol. The van der Waals surface area contributed by atoms with Crippen LogP contribution in [0, 0.1) is 0 Å². The number of halogens is 3. The number of alkyl halides is 3. The first-order valence-electron chi connectivity index (χ1n) is 5.58. The van der Waals surface area contributed by atoms with Gasteiger partial charge in [-0.3, -0.25) is 0 Å². The van der Waals surface area contributed by atoms with Gasteiger partial charge in [-0.05, 0) is 18.2 Å². The Labute approximate surface area is 108 Å². The number of nitrogens with zero attached hydrogens (tertiary/aromatic N) is 1. The van der Waals surface area contributed by atoms with Gasteiger partial charge in [-0.1, -0.05) is 12.1 Å². The van der Waals surface area contributed by atoms with Gasteiger partial charge in [0.05, 0.1) is 11.3 Å². The molecule has 6 heteroatoms. The summed E-state index contributed by atoms with van der Waals surface area (Å²) in [5, 5.41) is 5.58. The average Bonchev–Trinajstić information content (AvgIpc) is 2.38. The fourth-order valence-corrected chi connectivity index (χ4v) is 1.64. The van der Waals surface area contributed by atoms with Gasteiger partial charge in [-0.15, -0.1) is 0 Å². The lowest BCUT2D eigenvalue weighted by Gasteiger charge is -2.14. The third kappa shape index (κ3) is 3.15. The maximum absolute atomic E-state index is 12.8. The molecule has 2 aromatic rings. The summed E-state index contributed by atoms with van der Waals surface area (Å²) in [6.07, 6.45) is -2.87. The number of nitrogens with one attached hydrogen (secondary N) is 2. The van der Waals surface area contributed by atoms with Crippen LogP contribution in [0.25, 0.3) is 0 Å². The summed E-state index contributed by atoms with van der Waals surface area (Å²) in [4.78, 5) is 4.00. The lowest BCUT2D eigenvalue weighted by atomic mass is 10.1. The number of hydrogen-bond acceptors (Lipinski definition) is 3. The van der Waals surface area contributed by atoms with Crippen LogP contribution in [0.15, 0.2) is 42.6 Å². The molecule has 0 aliphatic rings. The molecule has 0 amide bonds. The van der Waals surface area contributed by atoms with E-state index in [0.717, 1.165) is 6.07 Å². The van der Waals surface area contributed by atoms with Crippen molar-refractivity contribution >= 4 is 17.2 Å². The lowest BCUT2D eigenvalue weighted by molar-refractivity contribution is -0.136. The number of benzene rings is 1. The van der Waals surface area contributed by atoms with Gasteiger partial charge in [0.2, 0.25) is 0 Å². The molecule has 0 aliphatic carbocycles. The minimum absolute atomic E-state index is 0.0169. The number of aromatic nitrogens is 1. The molecule has 0 spiro atoms. The zero-order valence-electron chi connectivity index (χ0n) is 10.1. The maximum Gasteiger partial charge on any atom is 0.418 e. The molecule has 1 aromatic heterocycles. The van der Waals surface area contributed by atoms with Gasteiger partial charge < -0.3 is 10.6 Å². The highest BCUT2D eigenvalue weighted by Crippen LogP contribution is 2.35. The normalized spacial score (nSPS) is 11.2. The van der Waals surface area contributed by atoms with E-state index in [0.29, 0.717) is 11.5 Å². The van der Waals surface area contributed by atoms with Gasteiger partial charge in [-0.2, -0.15) is 13.2 Å². The SMILES string of the molecule is CNc1cc(Nc2ccccc2C(F)(F)F)ccn1. The van der Waals surface area contributed by atoms with Crippen LogP contribution in [0.1, 0.15) is 5.56 Å². The van der Waals surface area contributed by atoms with Crippen LogP contribution >= 0.6 is 0 Å². The Morgan fingerprint density at radius 2 is 1.84 bits per heavy atom. The van der Waals surface area contributed by atoms with Crippen molar-refractivity contribution < 1.29 is 13.2 Å². The zero-order chi connectivity index (χ0) is 13.9. The van der Waals surface area contributed by atoms with E-state index in [1.54, 1.807) is 25.2 Å². The van der Waals surface area contributed by atoms with E-state index in [2.05, 4.69) is 15.6 Å². The molecule has 0 saturated carbocycles. The van der Waals surface area contributed by atoms with Crippen LogP contribution < -0.4 is 10.6 Å². The zero-order valence-corrected chi connectivity index (χ0v) is 10.1. The Morgan fingerprint density at radius 3 is 2.53 bits per heavy atom. The minimum Gasteiger partial charge on any atom is -0.373 e. The molecule has 1 aromatic carbocycles. The van der Waals surface area contributed by atoms with Crippen molar-refractivity contribution in [3.63, 3.8) is 0 Å². The summed E-state index contributed by atoms with van der Waals surface area (Å²) >= 11 is 0. The van der Waals surface area contributed by atoms with Crippen LogP contribution in [0.3, 0.4) is 0 Å². The summed E-state index contributed by atoms with van der Waals surface area (Å²) < 4.78 is 38.5. The molecule has 0 bridgehead atoms. The molecule has 0 atom stereocenters. The Morgan fingerprint density at radius 1 is 1.11 bits per heavy atom. The van der Waals surface area contributed by atoms with Crippen molar-refractivity contribution in [1.82, 2.24) is 4.98 Å². The molecule has 0 fully saturated rings. The van der Waals surface area contributed by atoms with Crippen LogP contribution in [0.2, 0.25) is 0 Å². The van der Waals surface area contributed by atoms with E-state index in [1.165, 1.54) is 18.3 Å². The predicted octanol–water partition coefficient (Wildman–Crippen LogP) is 3.89. The Balaban J connectivity index is 2.33. The van der Waals surface area contributed by atoms with Crippen LogP contribution in [-0.4, -0.2) is 12.0 Å². The van der Waals surface area contributed by atoms with E-state index < -0.39 is 11.7 Å². The van der Waals surface area contributed by atoms with E-state index >= 15 is 0 Å². The second-order valence-electron chi connectivity index (χ2n) is 3.85.